The van der Waals surface area contributed by atoms with E-state index in [1.54, 1.807) is 55.5 Å². The Morgan fingerprint density at radius 2 is 1.73 bits per heavy atom. The summed E-state index contributed by atoms with van der Waals surface area (Å²) < 4.78 is 31.2. The molecule has 37 heavy (non-hydrogen) atoms. The highest BCUT2D eigenvalue weighted by molar-refractivity contribution is 7.91. The van der Waals surface area contributed by atoms with Gasteiger partial charge in [-0.3, -0.25) is 10.1 Å². The summed E-state index contributed by atoms with van der Waals surface area (Å²) in [6, 6.07) is 16.0. The number of aromatic nitrogens is 1. The Hall–Kier alpha value is -3.75. The second-order valence-corrected chi connectivity index (χ2v) is 11.4. The molecule has 0 bridgehead atoms. The number of nitrogens with one attached hydrogen (secondary N) is 1. The molecule has 1 heterocycles. The van der Waals surface area contributed by atoms with Crippen molar-refractivity contribution in [3.63, 3.8) is 0 Å². The van der Waals surface area contributed by atoms with E-state index in [9.17, 15) is 23.4 Å². The van der Waals surface area contributed by atoms with Crippen molar-refractivity contribution < 1.29 is 28.2 Å². The highest BCUT2D eigenvalue weighted by Gasteiger charge is 2.25. The molecular weight excluding hydrogens is 512 g/mol. The lowest BCUT2D eigenvalue weighted by atomic mass is 10.1. The van der Waals surface area contributed by atoms with Crippen LogP contribution < -0.4 is 10.1 Å². The molecule has 0 aliphatic heterocycles. The molecule has 0 radical (unpaired) electrons. The predicted molar refractivity (Wildman–Crippen MR) is 142 cm³/mol. The lowest BCUT2D eigenvalue weighted by Gasteiger charge is -2.19. The first-order valence-corrected chi connectivity index (χ1v) is 13.8. The Morgan fingerprint density at radius 3 is 2.32 bits per heavy atom. The Bertz CT molecular complexity index is 1530. The molecule has 0 fully saturated rings. The third kappa shape index (κ3) is 5.81. The van der Waals surface area contributed by atoms with Crippen molar-refractivity contribution in [2.45, 2.75) is 31.1 Å². The highest BCUT2D eigenvalue weighted by atomic mass is 32.2. The standard InChI is InChI=1S/C27H24N2O6S2/c1-3-17-5-9-21(10-6-17)35-25(18-7-11-22(12-8-18)37(33,34)4-2)26(32)29-27-28-23-13-19(15-30)20(16-31)14-24(23)36-27/h1,5-14,25,30-31H,4,15-16H2,2H3,(H,28,29,32). The summed E-state index contributed by atoms with van der Waals surface area (Å²) in [4.78, 5) is 18.0. The number of terminal acetylenes is 1. The minimum absolute atomic E-state index is 0.0398. The van der Waals surface area contributed by atoms with Gasteiger partial charge in [0.25, 0.3) is 5.91 Å². The number of fused-ring (bicyclic) bond motifs is 1. The summed E-state index contributed by atoms with van der Waals surface area (Å²) in [5, 5.41) is 22.2. The van der Waals surface area contributed by atoms with Gasteiger partial charge in [0.15, 0.2) is 15.0 Å². The zero-order valence-corrected chi connectivity index (χ0v) is 21.5. The van der Waals surface area contributed by atoms with Gasteiger partial charge in [-0.1, -0.05) is 36.3 Å². The lowest BCUT2D eigenvalue weighted by molar-refractivity contribution is -0.123. The Morgan fingerprint density at radius 1 is 1.08 bits per heavy atom. The van der Waals surface area contributed by atoms with Crippen molar-refractivity contribution in [3.8, 4) is 18.1 Å². The van der Waals surface area contributed by atoms with Crippen LogP contribution in [0.5, 0.6) is 5.75 Å². The van der Waals surface area contributed by atoms with Crippen LogP contribution in [-0.2, 0) is 27.8 Å². The van der Waals surface area contributed by atoms with E-state index in [1.165, 1.54) is 23.5 Å². The molecule has 0 aliphatic carbocycles. The number of hydrogen-bond donors (Lipinski definition) is 3. The summed E-state index contributed by atoms with van der Waals surface area (Å²) in [5.74, 6) is 2.36. The molecule has 1 atom stereocenters. The molecule has 0 aliphatic rings. The van der Waals surface area contributed by atoms with E-state index in [-0.39, 0.29) is 23.9 Å². The first-order chi connectivity index (χ1) is 17.8. The number of anilines is 1. The number of carbonyl (C=O) groups is 1. The van der Waals surface area contributed by atoms with Gasteiger partial charge in [0.05, 0.1) is 34.1 Å². The molecule has 1 unspecified atom stereocenters. The van der Waals surface area contributed by atoms with Crippen LogP contribution in [0.2, 0.25) is 0 Å². The first-order valence-electron chi connectivity index (χ1n) is 11.3. The quantitative estimate of drug-likeness (QED) is 0.278. The third-order valence-electron chi connectivity index (χ3n) is 5.72. The van der Waals surface area contributed by atoms with E-state index < -0.39 is 21.8 Å². The number of benzene rings is 3. The molecule has 1 aromatic heterocycles. The van der Waals surface area contributed by atoms with Crippen LogP contribution >= 0.6 is 11.3 Å². The average molecular weight is 537 g/mol. The van der Waals surface area contributed by atoms with Crippen molar-refractivity contribution in [1.82, 2.24) is 4.98 Å². The van der Waals surface area contributed by atoms with Crippen LogP contribution in [-0.4, -0.2) is 35.3 Å². The SMILES string of the molecule is C#Cc1ccc(OC(C(=O)Nc2nc3cc(CO)c(CO)cc3s2)c2ccc(S(=O)(=O)CC)cc2)cc1. The van der Waals surface area contributed by atoms with E-state index in [0.29, 0.717) is 38.7 Å². The maximum absolute atomic E-state index is 13.4. The summed E-state index contributed by atoms with van der Waals surface area (Å²) in [6.45, 7) is 1.08. The van der Waals surface area contributed by atoms with Gasteiger partial charge in [-0.2, -0.15) is 0 Å². The van der Waals surface area contributed by atoms with Gasteiger partial charge < -0.3 is 14.9 Å². The highest BCUT2D eigenvalue weighted by Crippen LogP contribution is 2.31. The van der Waals surface area contributed by atoms with Crippen molar-refractivity contribution >= 4 is 42.4 Å². The molecule has 4 aromatic rings. The third-order valence-corrected chi connectivity index (χ3v) is 8.40. The number of rotatable bonds is 9. The molecule has 3 N–H and O–H groups in total. The summed E-state index contributed by atoms with van der Waals surface area (Å²) in [6.07, 6.45) is 4.30. The van der Waals surface area contributed by atoms with Gasteiger partial charge >= 0.3 is 0 Å². The smallest absolute Gasteiger partial charge is 0.271 e. The van der Waals surface area contributed by atoms with E-state index >= 15 is 0 Å². The maximum atomic E-state index is 13.4. The number of carbonyl (C=O) groups excluding carboxylic acids is 1. The number of amides is 1. The van der Waals surface area contributed by atoms with E-state index in [2.05, 4.69) is 16.2 Å². The normalized spacial score (nSPS) is 12.2. The molecule has 0 saturated carbocycles. The number of hydrogen-bond acceptors (Lipinski definition) is 8. The molecular formula is C27H24N2O6S2. The van der Waals surface area contributed by atoms with Gasteiger partial charge in [0, 0.05) is 11.1 Å². The number of sulfone groups is 1. The molecule has 8 nitrogen and oxygen atoms in total. The van der Waals surface area contributed by atoms with Crippen LogP contribution in [0.15, 0.2) is 65.6 Å². The first kappa shape index (κ1) is 26.3. The minimum Gasteiger partial charge on any atom is -0.476 e. The summed E-state index contributed by atoms with van der Waals surface area (Å²) >= 11 is 1.21. The topological polar surface area (TPSA) is 126 Å². The van der Waals surface area contributed by atoms with Crippen molar-refractivity contribution in [3.05, 3.63) is 82.9 Å². The Kier molecular flexibility index (Phi) is 7.90. The van der Waals surface area contributed by atoms with Crippen LogP contribution in [0.4, 0.5) is 5.13 Å². The largest absolute Gasteiger partial charge is 0.476 e. The Balaban J connectivity index is 1.66. The number of aliphatic hydroxyl groups is 2. The fourth-order valence-electron chi connectivity index (χ4n) is 3.63. The molecule has 1 amide bonds. The monoisotopic (exact) mass is 536 g/mol. The van der Waals surface area contributed by atoms with Gasteiger partial charge in [0.1, 0.15) is 5.75 Å². The maximum Gasteiger partial charge on any atom is 0.271 e. The van der Waals surface area contributed by atoms with Crippen molar-refractivity contribution in [1.29, 1.82) is 0 Å². The van der Waals surface area contributed by atoms with Crippen LogP contribution in [0.3, 0.4) is 0 Å². The fraction of sp³-hybridized carbons (Fsp3) is 0.185. The number of aliphatic hydroxyl groups excluding tert-OH is 2. The van der Waals surface area contributed by atoms with Crippen molar-refractivity contribution in [2.75, 3.05) is 11.1 Å². The second kappa shape index (κ2) is 11.1. The van der Waals surface area contributed by atoms with Gasteiger partial charge in [-0.05, 0) is 59.7 Å². The van der Waals surface area contributed by atoms with Crippen LogP contribution in [0, 0.1) is 12.3 Å². The number of nitrogens with zero attached hydrogens (tertiary/aromatic N) is 1. The Labute approximate surface area is 218 Å². The molecule has 0 saturated heterocycles. The predicted octanol–water partition coefficient (Wildman–Crippen LogP) is 3.81. The van der Waals surface area contributed by atoms with E-state index in [1.807, 2.05) is 0 Å². The molecule has 3 aromatic carbocycles. The molecule has 10 heteroatoms. The molecule has 0 spiro atoms. The van der Waals surface area contributed by atoms with Crippen molar-refractivity contribution in [2.24, 2.45) is 0 Å². The van der Waals surface area contributed by atoms with Gasteiger partial charge in [0.2, 0.25) is 6.10 Å². The average Bonchev–Trinajstić information content (AvgIpc) is 3.32. The summed E-state index contributed by atoms with van der Waals surface area (Å²) in [5.41, 5.74) is 2.80. The number of ether oxygens (including phenoxy) is 1. The van der Waals surface area contributed by atoms with E-state index in [0.717, 1.165) is 4.70 Å². The van der Waals surface area contributed by atoms with Crippen LogP contribution in [0.1, 0.15) is 35.3 Å². The van der Waals surface area contributed by atoms with Gasteiger partial charge in [-0.15, -0.1) is 6.42 Å². The van der Waals surface area contributed by atoms with Gasteiger partial charge in [-0.25, -0.2) is 13.4 Å². The zero-order valence-electron chi connectivity index (χ0n) is 19.8. The molecule has 4 rings (SSSR count). The lowest BCUT2D eigenvalue weighted by Crippen LogP contribution is -2.25. The molecule has 190 valence electrons. The van der Waals surface area contributed by atoms with E-state index in [4.69, 9.17) is 11.2 Å². The summed E-state index contributed by atoms with van der Waals surface area (Å²) in [7, 11) is -3.41. The number of thiazole rings is 1. The van der Waals surface area contributed by atoms with Crippen LogP contribution in [0.25, 0.3) is 10.2 Å². The fourth-order valence-corrected chi connectivity index (χ4v) is 5.43. The minimum atomic E-state index is -3.41. The second-order valence-electron chi connectivity index (χ2n) is 8.05. The zero-order chi connectivity index (χ0) is 26.6.